The lowest BCUT2D eigenvalue weighted by molar-refractivity contribution is 0.0976. The second-order valence-electron chi connectivity index (χ2n) is 3.51. The Morgan fingerprint density at radius 3 is 2.50 bits per heavy atom. The number of aromatic nitrogens is 1. The Kier molecular flexibility index (Phi) is 4.27. The first-order chi connectivity index (χ1) is 8.37. The van der Waals surface area contributed by atoms with Gasteiger partial charge in [-0.15, -0.1) is 0 Å². The first-order valence-corrected chi connectivity index (χ1v) is 6.77. The van der Waals surface area contributed by atoms with Crippen LogP contribution in [0.3, 0.4) is 0 Å². The fourth-order valence-electron chi connectivity index (χ4n) is 1.20. The van der Waals surface area contributed by atoms with Crippen LogP contribution in [0.1, 0.15) is 22.1 Å². The molecule has 1 aromatic heterocycles. The van der Waals surface area contributed by atoms with Crippen molar-refractivity contribution in [2.45, 2.75) is 5.92 Å². The highest BCUT2D eigenvalue weighted by Gasteiger charge is 2.14. The minimum Gasteiger partial charge on any atom is -0.312 e. The van der Waals surface area contributed by atoms with E-state index in [1.54, 1.807) is 10.8 Å². The van der Waals surface area contributed by atoms with Crippen molar-refractivity contribution in [2.75, 3.05) is 6.26 Å². The maximum absolute atomic E-state index is 11.5. The third-order valence-corrected chi connectivity index (χ3v) is 2.54. The van der Waals surface area contributed by atoms with E-state index in [2.05, 4.69) is 4.98 Å². The molecule has 1 rings (SSSR count). The Balaban J connectivity index is 3.05. The van der Waals surface area contributed by atoms with Crippen LogP contribution in [-0.2, 0) is 10.0 Å². The van der Waals surface area contributed by atoms with Gasteiger partial charge in [-0.3, -0.25) is 4.79 Å². The maximum atomic E-state index is 11.5. The van der Waals surface area contributed by atoms with Crippen LogP contribution >= 0.6 is 0 Å². The number of amides is 1. The molecular formula is C10H12N4O3S. The molecule has 0 atom stereocenters. The number of nitrogens with zero attached hydrogens (tertiary/aromatic N) is 1. The largest absolute Gasteiger partial charge is 0.312 e. The van der Waals surface area contributed by atoms with Crippen LogP contribution in [-0.4, -0.2) is 38.0 Å². The zero-order chi connectivity index (χ0) is 13.8. The molecule has 0 spiro atoms. The number of pyridine rings is 1. The van der Waals surface area contributed by atoms with Gasteiger partial charge in [0, 0.05) is 12.4 Å². The Morgan fingerprint density at radius 1 is 1.39 bits per heavy atom. The number of carbonyl (C=O) groups excluding carboxylic acids is 1. The number of sulfonamides is 1. The third kappa shape index (κ3) is 3.74. The van der Waals surface area contributed by atoms with Crippen LogP contribution in [0.15, 0.2) is 18.2 Å². The smallest absolute Gasteiger partial charge is 0.283 e. The first kappa shape index (κ1) is 14.0. The molecule has 0 saturated heterocycles. The lowest BCUT2D eigenvalue weighted by Crippen LogP contribution is -2.30. The van der Waals surface area contributed by atoms with Gasteiger partial charge in [0.1, 0.15) is 5.69 Å². The summed E-state index contributed by atoms with van der Waals surface area (Å²) >= 11 is 0. The number of nitrogens with one attached hydrogen (secondary N) is 3. The van der Waals surface area contributed by atoms with Crippen molar-refractivity contribution in [1.29, 1.82) is 10.8 Å². The van der Waals surface area contributed by atoms with Crippen LogP contribution in [0, 0.1) is 10.8 Å². The van der Waals surface area contributed by atoms with Crippen molar-refractivity contribution >= 4 is 28.4 Å². The molecule has 18 heavy (non-hydrogen) atoms. The molecule has 96 valence electrons. The van der Waals surface area contributed by atoms with Gasteiger partial charge in [-0.2, -0.15) is 0 Å². The van der Waals surface area contributed by atoms with Crippen molar-refractivity contribution < 1.29 is 13.2 Å². The minimum atomic E-state index is -3.64. The second-order valence-corrected chi connectivity index (χ2v) is 5.26. The van der Waals surface area contributed by atoms with E-state index in [0.717, 1.165) is 18.7 Å². The van der Waals surface area contributed by atoms with E-state index >= 15 is 0 Å². The van der Waals surface area contributed by atoms with Crippen LogP contribution in [0.2, 0.25) is 0 Å². The van der Waals surface area contributed by atoms with Gasteiger partial charge in [0.05, 0.1) is 17.9 Å². The molecular weight excluding hydrogens is 256 g/mol. The molecule has 8 heteroatoms. The number of hydrogen-bond acceptors (Lipinski definition) is 6. The van der Waals surface area contributed by atoms with Gasteiger partial charge < -0.3 is 10.8 Å². The Bertz CT molecular complexity index is 575. The molecule has 0 unspecified atom stereocenters. The molecule has 0 saturated carbocycles. The highest BCUT2D eigenvalue weighted by Crippen LogP contribution is 2.09. The molecule has 1 amide bonds. The molecule has 1 heterocycles. The van der Waals surface area contributed by atoms with Gasteiger partial charge in [0.25, 0.3) is 5.91 Å². The normalized spacial score (nSPS) is 12.5. The zero-order valence-electron chi connectivity index (χ0n) is 9.54. The van der Waals surface area contributed by atoms with Gasteiger partial charge in [0.15, 0.2) is 0 Å². The Labute approximate surface area is 104 Å². The van der Waals surface area contributed by atoms with E-state index in [4.69, 9.17) is 10.8 Å². The summed E-state index contributed by atoms with van der Waals surface area (Å²) in [5, 5.41) is 14.2. The molecule has 0 aliphatic rings. The maximum Gasteiger partial charge on any atom is 0.283 e. The fraction of sp³-hybridized carbons (Fsp3) is 0.200. The minimum absolute atomic E-state index is 0.0772. The molecule has 0 aliphatic heterocycles. The standard InChI is InChI=1S/C10H12N4O3S/c1-18(16,17)14-10(15)9-4-2-3-8(13-9)7(5-11)6-12/h2-7,11-12H,1H3,(H,14,15). The highest BCUT2D eigenvalue weighted by molar-refractivity contribution is 7.89. The van der Waals surface area contributed by atoms with Crippen molar-refractivity contribution in [3.8, 4) is 0 Å². The van der Waals surface area contributed by atoms with Crippen molar-refractivity contribution in [3.05, 3.63) is 29.6 Å². The van der Waals surface area contributed by atoms with Gasteiger partial charge >= 0.3 is 0 Å². The van der Waals surface area contributed by atoms with Crippen LogP contribution in [0.25, 0.3) is 0 Å². The highest BCUT2D eigenvalue weighted by atomic mass is 32.2. The summed E-state index contributed by atoms with van der Waals surface area (Å²) in [6.45, 7) is 0. The summed E-state index contributed by atoms with van der Waals surface area (Å²) < 4.78 is 23.6. The summed E-state index contributed by atoms with van der Waals surface area (Å²) in [6.07, 6.45) is 2.88. The predicted octanol–water partition coefficient (Wildman–Crippen LogP) is 0.154. The van der Waals surface area contributed by atoms with E-state index in [9.17, 15) is 13.2 Å². The molecule has 0 radical (unpaired) electrons. The Morgan fingerprint density at radius 2 is 2.00 bits per heavy atom. The van der Waals surface area contributed by atoms with Gasteiger partial charge in [0.2, 0.25) is 10.0 Å². The van der Waals surface area contributed by atoms with Crippen molar-refractivity contribution in [2.24, 2.45) is 0 Å². The first-order valence-electron chi connectivity index (χ1n) is 4.87. The summed E-state index contributed by atoms with van der Waals surface area (Å²) in [7, 11) is -3.64. The second kappa shape index (κ2) is 5.50. The van der Waals surface area contributed by atoms with Gasteiger partial charge in [-0.25, -0.2) is 18.1 Å². The fourth-order valence-corrected chi connectivity index (χ4v) is 1.64. The number of carbonyl (C=O) groups is 1. The molecule has 7 nitrogen and oxygen atoms in total. The molecule has 0 aromatic carbocycles. The quantitative estimate of drug-likeness (QED) is 0.657. The summed E-state index contributed by atoms with van der Waals surface area (Å²) in [5.74, 6) is -1.47. The average molecular weight is 268 g/mol. The van der Waals surface area contributed by atoms with Crippen molar-refractivity contribution in [3.63, 3.8) is 0 Å². The SMILES string of the molecule is CS(=O)(=O)NC(=O)c1cccc(C(C=N)C=N)n1. The Hall–Kier alpha value is -2.09. The van der Waals surface area contributed by atoms with E-state index in [1.165, 1.54) is 12.1 Å². The predicted molar refractivity (Wildman–Crippen MR) is 66.9 cm³/mol. The lowest BCUT2D eigenvalue weighted by atomic mass is 10.1. The van der Waals surface area contributed by atoms with E-state index in [-0.39, 0.29) is 5.69 Å². The molecule has 0 bridgehead atoms. The zero-order valence-corrected chi connectivity index (χ0v) is 10.4. The molecule has 0 fully saturated rings. The number of rotatable bonds is 5. The van der Waals surface area contributed by atoms with Crippen molar-refractivity contribution in [1.82, 2.24) is 9.71 Å². The van der Waals surface area contributed by atoms with Gasteiger partial charge in [-0.05, 0) is 12.1 Å². The van der Waals surface area contributed by atoms with Crippen LogP contribution in [0.5, 0.6) is 0 Å². The summed E-state index contributed by atoms with van der Waals surface area (Å²) in [5.41, 5.74) is 0.257. The van der Waals surface area contributed by atoms with Crippen LogP contribution < -0.4 is 4.72 Å². The third-order valence-electron chi connectivity index (χ3n) is 1.98. The summed E-state index contributed by atoms with van der Waals surface area (Å²) in [4.78, 5) is 15.5. The number of hydrogen-bond donors (Lipinski definition) is 3. The van der Waals surface area contributed by atoms with E-state index in [1.807, 2.05) is 0 Å². The van der Waals surface area contributed by atoms with E-state index in [0.29, 0.717) is 5.69 Å². The molecule has 0 aliphatic carbocycles. The van der Waals surface area contributed by atoms with E-state index < -0.39 is 21.8 Å². The average Bonchev–Trinajstić information content (AvgIpc) is 2.29. The molecule has 1 aromatic rings. The topological polar surface area (TPSA) is 124 Å². The van der Waals surface area contributed by atoms with Crippen LogP contribution in [0.4, 0.5) is 0 Å². The monoisotopic (exact) mass is 268 g/mol. The molecule has 3 N–H and O–H groups in total. The lowest BCUT2D eigenvalue weighted by Gasteiger charge is -2.07. The van der Waals surface area contributed by atoms with Gasteiger partial charge in [-0.1, -0.05) is 6.07 Å². The summed E-state index contributed by atoms with van der Waals surface area (Å²) in [6, 6.07) is 4.42.